The van der Waals surface area contributed by atoms with E-state index in [0.717, 1.165) is 0 Å². The molecule has 3 atom stereocenters. The van der Waals surface area contributed by atoms with E-state index >= 15 is 0 Å². The van der Waals surface area contributed by atoms with Crippen LogP contribution in [0.1, 0.15) is 34.6 Å². The van der Waals surface area contributed by atoms with Gasteiger partial charge in [-0.2, -0.15) is 0 Å². The van der Waals surface area contributed by atoms with Crippen molar-refractivity contribution in [3.8, 4) is 0 Å². The second-order valence-electron chi connectivity index (χ2n) is 4.07. The summed E-state index contributed by atoms with van der Waals surface area (Å²) in [5.74, 6) is 1.15. The SMILES string of the molecule is CC(C)C(C)C(O)(P)C(C)C. The van der Waals surface area contributed by atoms with Gasteiger partial charge in [0, 0.05) is 0 Å². The summed E-state index contributed by atoms with van der Waals surface area (Å²) in [5, 5.41) is 9.39. The lowest BCUT2D eigenvalue weighted by molar-refractivity contribution is 0.0159. The molecule has 11 heavy (non-hydrogen) atoms. The van der Waals surface area contributed by atoms with Crippen LogP contribution < -0.4 is 0 Å². The minimum Gasteiger partial charge on any atom is -0.385 e. The van der Waals surface area contributed by atoms with E-state index in [1.807, 2.05) is 13.8 Å². The molecule has 0 aliphatic carbocycles. The molecular weight excluding hydrogens is 155 g/mol. The molecule has 0 aromatic rings. The Morgan fingerprint density at radius 1 is 1.09 bits per heavy atom. The van der Waals surface area contributed by atoms with Gasteiger partial charge in [0.15, 0.2) is 0 Å². The first-order chi connectivity index (χ1) is 4.80. The van der Waals surface area contributed by atoms with E-state index in [2.05, 4.69) is 30.0 Å². The fourth-order valence-electron chi connectivity index (χ4n) is 1.06. The molecule has 0 aromatic carbocycles. The number of hydrogen-bond acceptors (Lipinski definition) is 1. The molecule has 1 nitrogen and oxygen atoms in total. The second-order valence-corrected chi connectivity index (χ2v) is 5.00. The van der Waals surface area contributed by atoms with Crippen molar-refractivity contribution in [1.29, 1.82) is 0 Å². The molecule has 0 fully saturated rings. The average Bonchev–Trinajstić information content (AvgIpc) is 1.85. The maximum absolute atomic E-state index is 9.99. The highest BCUT2D eigenvalue weighted by atomic mass is 31.0. The summed E-state index contributed by atoms with van der Waals surface area (Å²) in [6.45, 7) is 10.5. The Balaban J connectivity index is 4.29. The molecular formula is C9H21OP. The highest BCUT2D eigenvalue weighted by Crippen LogP contribution is 2.36. The van der Waals surface area contributed by atoms with E-state index in [-0.39, 0.29) is 0 Å². The van der Waals surface area contributed by atoms with Gasteiger partial charge >= 0.3 is 0 Å². The van der Waals surface area contributed by atoms with E-state index in [4.69, 9.17) is 0 Å². The Kier molecular flexibility index (Phi) is 4.00. The monoisotopic (exact) mass is 176 g/mol. The minimum absolute atomic E-state index is 0.296. The van der Waals surface area contributed by atoms with Gasteiger partial charge in [-0.25, -0.2) is 0 Å². The summed E-state index contributed by atoms with van der Waals surface area (Å²) in [5.41, 5.74) is 0. The minimum atomic E-state index is -0.603. The molecule has 0 bridgehead atoms. The third-order valence-corrected chi connectivity index (χ3v) is 3.85. The van der Waals surface area contributed by atoms with E-state index < -0.39 is 5.34 Å². The third kappa shape index (κ3) is 2.72. The van der Waals surface area contributed by atoms with Crippen LogP contribution in [-0.2, 0) is 0 Å². The van der Waals surface area contributed by atoms with E-state index in [0.29, 0.717) is 17.8 Å². The van der Waals surface area contributed by atoms with Crippen molar-refractivity contribution in [2.24, 2.45) is 17.8 Å². The summed E-state index contributed by atoms with van der Waals surface area (Å²) < 4.78 is 0. The van der Waals surface area contributed by atoms with E-state index in [1.54, 1.807) is 0 Å². The Hall–Kier alpha value is 0.390. The van der Waals surface area contributed by atoms with Crippen LogP contribution in [0.4, 0.5) is 0 Å². The summed E-state index contributed by atoms with van der Waals surface area (Å²) in [4.78, 5) is 0. The zero-order chi connectivity index (χ0) is 9.23. The zero-order valence-electron chi connectivity index (χ0n) is 8.26. The van der Waals surface area contributed by atoms with Gasteiger partial charge in [-0.3, -0.25) is 0 Å². The fraction of sp³-hybridized carbons (Fsp3) is 1.00. The maximum atomic E-state index is 9.99. The van der Waals surface area contributed by atoms with Crippen LogP contribution in [0, 0.1) is 17.8 Å². The van der Waals surface area contributed by atoms with Gasteiger partial charge in [0.05, 0.1) is 5.34 Å². The molecule has 1 N–H and O–H groups in total. The Labute approximate surface area is 72.8 Å². The molecule has 0 rings (SSSR count). The van der Waals surface area contributed by atoms with Gasteiger partial charge in [-0.05, 0) is 17.8 Å². The van der Waals surface area contributed by atoms with Gasteiger partial charge in [0.1, 0.15) is 0 Å². The quantitative estimate of drug-likeness (QED) is 0.655. The van der Waals surface area contributed by atoms with Crippen molar-refractivity contribution in [3.05, 3.63) is 0 Å². The lowest BCUT2D eigenvalue weighted by Crippen LogP contribution is -2.37. The Morgan fingerprint density at radius 2 is 1.45 bits per heavy atom. The second kappa shape index (κ2) is 3.87. The third-order valence-electron chi connectivity index (χ3n) is 2.65. The van der Waals surface area contributed by atoms with Crippen molar-refractivity contribution in [1.82, 2.24) is 0 Å². The van der Waals surface area contributed by atoms with Gasteiger partial charge in [-0.15, -0.1) is 9.24 Å². The molecule has 68 valence electrons. The Morgan fingerprint density at radius 3 is 1.55 bits per heavy atom. The van der Waals surface area contributed by atoms with Gasteiger partial charge in [0.2, 0.25) is 0 Å². The smallest absolute Gasteiger partial charge is 0.0828 e. The predicted octanol–water partition coefficient (Wildman–Crippen LogP) is 2.50. The largest absolute Gasteiger partial charge is 0.385 e. The topological polar surface area (TPSA) is 20.2 Å². The first-order valence-electron chi connectivity index (χ1n) is 4.31. The number of aliphatic hydroxyl groups is 1. The first kappa shape index (κ1) is 11.4. The molecule has 0 radical (unpaired) electrons. The van der Waals surface area contributed by atoms with Crippen LogP contribution in [0.2, 0.25) is 0 Å². The summed E-state index contributed by atoms with van der Waals surface area (Å²) in [7, 11) is 2.57. The summed E-state index contributed by atoms with van der Waals surface area (Å²) >= 11 is 0. The molecule has 0 aliphatic rings. The molecule has 0 heterocycles. The number of hydrogen-bond donors (Lipinski definition) is 1. The lowest BCUT2D eigenvalue weighted by Gasteiger charge is -2.36. The van der Waals surface area contributed by atoms with Crippen molar-refractivity contribution in [3.63, 3.8) is 0 Å². The van der Waals surface area contributed by atoms with Crippen LogP contribution in [0.15, 0.2) is 0 Å². The number of rotatable bonds is 3. The molecule has 0 aromatic heterocycles. The van der Waals surface area contributed by atoms with Gasteiger partial charge < -0.3 is 5.11 Å². The van der Waals surface area contributed by atoms with Crippen LogP contribution in [0.25, 0.3) is 0 Å². The molecule has 0 saturated heterocycles. The molecule has 2 heteroatoms. The van der Waals surface area contributed by atoms with Crippen molar-refractivity contribution >= 4 is 9.24 Å². The van der Waals surface area contributed by atoms with Gasteiger partial charge in [-0.1, -0.05) is 34.6 Å². The van der Waals surface area contributed by atoms with Gasteiger partial charge in [0.25, 0.3) is 0 Å². The van der Waals surface area contributed by atoms with E-state index in [1.165, 1.54) is 0 Å². The molecule has 0 aliphatic heterocycles. The van der Waals surface area contributed by atoms with E-state index in [9.17, 15) is 5.11 Å². The lowest BCUT2D eigenvalue weighted by atomic mass is 9.85. The normalized spacial score (nSPS) is 20.5. The zero-order valence-corrected chi connectivity index (χ0v) is 9.41. The Bertz CT molecular complexity index is 119. The highest BCUT2D eigenvalue weighted by Gasteiger charge is 2.33. The van der Waals surface area contributed by atoms with Crippen molar-refractivity contribution in [2.45, 2.75) is 40.0 Å². The van der Waals surface area contributed by atoms with Crippen LogP contribution in [0.5, 0.6) is 0 Å². The summed E-state index contributed by atoms with van der Waals surface area (Å²) in [6.07, 6.45) is 0. The van der Waals surface area contributed by atoms with Crippen LogP contribution in [-0.4, -0.2) is 10.4 Å². The molecule has 0 spiro atoms. The fourth-order valence-corrected chi connectivity index (χ4v) is 1.44. The molecule has 0 saturated carbocycles. The van der Waals surface area contributed by atoms with Crippen molar-refractivity contribution < 1.29 is 5.11 Å². The predicted molar refractivity (Wildman–Crippen MR) is 53.5 cm³/mol. The van der Waals surface area contributed by atoms with Crippen LogP contribution >= 0.6 is 9.24 Å². The van der Waals surface area contributed by atoms with Crippen LogP contribution in [0.3, 0.4) is 0 Å². The summed E-state index contributed by atoms with van der Waals surface area (Å²) in [6, 6.07) is 0. The van der Waals surface area contributed by atoms with Crippen molar-refractivity contribution in [2.75, 3.05) is 0 Å². The first-order valence-corrected chi connectivity index (χ1v) is 4.89. The molecule has 0 amide bonds. The average molecular weight is 176 g/mol. The molecule has 3 unspecified atom stereocenters. The highest BCUT2D eigenvalue weighted by molar-refractivity contribution is 7.18. The maximum Gasteiger partial charge on any atom is 0.0828 e. The standard InChI is InChI=1S/C9H21OP/c1-6(2)8(5)9(10,11)7(3)4/h6-8,10H,11H2,1-5H3.